The van der Waals surface area contributed by atoms with Gasteiger partial charge in [-0.05, 0) is 36.6 Å². The number of aromatic nitrogens is 1. The van der Waals surface area contributed by atoms with Gasteiger partial charge in [-0.2, -0.15) is 5.26 Å². The molecule has 0 radical (unpaired) electrons. The lowest BCUT2D eigenvalue weighted by atomic mass is 10.1. The average molecular weight is 342 g/mol. The Labute approximate surface area is 144 Å². The molecule has 7 heteroatoms. The summed E-state index contributed by atoms with van der Waals surface area (Å²) in [6.45, 7) is 1.44. The number of hydrogen-bond donors (Lipinski definition) is 3. The highest BCUT2D eigenvalue weighted by atomic mass is 19.1. The molecule has 3 rings (SSSR count). The molecule has 0 spiro atoms. The quantitative estimate of drug-likeness (QED) is 0.791. The lowest BCUT2D eigenvalue weighted by molar-refractivity contribution is 0.0946. The first-order valence-corrected chi connectivity index (χ1v) is 8.15. The van der Waals surface area contributed by atoms with E-state index in [9.17, 15) is 14.3 Å². The molecule has 1 aromatic heterocycles. The van der Waals surface area contributed by atoms with Crippen molar-refractivity contribution in [3.63, 3.8) is 0 Å². The largest absolute Gasteiger partial charge is 0.393 e. The van der Waals surface area contributed by atoms with E-state index in [0.717, 1.165) is 0 Å². The third-order valence-electron chi connectivity index (χ3n) is 4.33. The van der Waals surface area contributed by atoms with Gasteiger partial charge in [0.05, 0.1) is 17.4 Å². The summed E-state index contributed by atoms with van der Waals surface area (Å²) < 4.78 is 14.4. The lowest BCUT2D eigenvalue weighted by Crippen LogP contribution is -2.36. The third-order valence-corrected chi connectivity index (χ3v) is 4.33. The molecule has 1 fully saturated rings. The molecule has 2 aromatic rings. The molecule has 0 unspecified atom stereocenters. The number of rotatable bonds is 4. The average Bonchev–Trinajstić information content (AvgIpc) is 3.10. The van der Waals surface area contributed by atoms with Crippen molar-refractivity contribution >= 4 is 11.6 Å². The number of halogens is 1. The van der Waals surface area contributed by atoms with Gasteiger partial charge >= 0.3 is 0 Å². The fourth-order valence-electron chi connectivity index (χ4n) is 2.89. The van der Waals surface area contributed by atoms with E-state index in [4.69, 9.17) is 5.26 Å². The standard InChI is InChI=1S/C18H19FN4O2/c19-15-7-12(1-2-17(15)23-5-3-14(24)4-6-23)10-22-18(25)16-8-13(9-20)11-21-16/h1-2,7-8,11,14,21,24H,3-6,10H2,(H,22,25). The van der Waals surface area contributed by atoms with Crippen molar-refractivity contribution in [3.05, 3.63) is 53.1 Å². The van der Waals surface area contributed by atoms with E-state index in [-0.39, 0.29) is 24.4 Å². The van der Waals surface area contributed by atoms with Crippen molar-refractivity contribution in [3.8, 4) is 6.07 Å². The molecule has 6 nitrogen and oxygen atoms in total. The van der Waals surface area contributed by atoms with E-state index in [2.05, 4.69) is 10.3 Å². The number of aliphatic hydroxyl groups excluding tert-OH is 1. The van der Waals surface area contributed by atoms with Crippen LogP contribution in [0.15, 0.2) is 30.5 Å². The maximum Gasteiger partial charge on any atom is 0.268 e. The van der Waals surface area contributed by atoms with Crippen LogP contribution in [0.25, 0.3) is 0 Å². The summed E-state index contributed by atoms with van der Waals surface area (Å²) in [5.41, 5.74) is 1.84. The molecule has 0 aliphatic carbocycles. The van der Waals surface area contributed by atoms with E-state index in [1.54, 1.807) is 12.1 Å². The molecular formula is C18H19FN4O2. The van der Waals surface area contributed by atoms with Crippen LogP contribution < -0.4 is 10.2 Å². The molecule has 2 heterocycles. The molecule has 1 saturated heterocycles. The zero-order valence-electron chi connectivity index (χ0n) is 13.6. The first-order chi connectivity index (χ1) is 12.1. The molecule has 1 aromatic carbocycles. The highest BCUT2D eigenvalue weighted by Crippen LogP contribution is 2.24. The van der Waals surface area contributed by atoms with Gasteiger partial charge in [0.25, 0.3) is 5.91 Å². The Morgan fingerprint density at radius 2 is 2.16 bits per heavy atom. The number of aromatic amines is 1. The molecule has 0 atom stereocenters. The number of nitriles is 1. The van der Waals surface area contributed by atoms with Crippen molar-refractivity contribution in [2.45, 2.75) is 25.5 Å². The fourth-order valence-corrected chi connectivity index (χ4v) is 2.89. The second-order valence-corrected chi connectivity index (χ2v) is 6.10. The summed E-state index contributed by atoms with van der Waals surface area (Å²) in [6, 6.07) is 8.30. The minimum Gasteiger partial charge on any atom is -0.393 e. The van der Waals surface area contributed by atoms with Crippen molar-refractivity contribution in [2.75, 3.05) is 18.0 Å². The Morgan fingerprint density at radius 3 is 2.80 bits per heavy atom. The minimum atomic E-state index is -0.351. The normalized spacial score (nSPS) is 15.0. The van der Waals surface area contributed by atoms with E-state index >= 15 is 0 Å². The summed E-state index contributed by atoms with van der Waals surface area (Å²) in [4.78, 5) is 16.6. The van der Waals surface area contributed by atoms with Crippen molar-refractivity contribution < 1.29 is 14.3 Å². The van der Waals surface area contributed by atoms with Gasteiger partial charge < -0.3 is 20.3 Å². The second kappa shape index (κ2) is 7.36. The van der Waals surface area contributed by atoms with E-state index in [0.29, 0.717) is 48.4 Å². The van der Waals surface area contributed by atoms with Crippen LogP contribution in [0, 0.1) is 17.1 Å². The van der Waals surface area contributed by atoms with Crippen LogP contribution in [-0.4, -0.2) is 35.2 Å². The number of hydrogen-bond acceptors (Lipinski definition) is 4. The van der Waals surface area contributed by atoms with Gasteiger partial charge in [-0.15, -0.1) is 0 Å². The first-order valence-electron chi connectivity index (χ1n) is 8.15. The monoisotopic (exact) mass is 342 g/mol. The molecule has 0 saturated carbocycles. The highest BCUT2D eigenvalue weighted by Gasteiger charge is 2.19. The van der Waals surface area contributed by atoms with Crippen LogP contribution in [0.1, 0.15) is 34.5 Å². The smallest absolute Gasteiger partial charge is 0.268 e. The Morgan fingerprint density at radius 1 is 1.40 bits per heavy atom. The van der Waals surface area contributed by atoms with Crippen LogP contribution in [0.4, 0.5) is 10.1 Å². The van der Waals surface area contributed by atoms with Gasteiger partial charge in [-0.1, -0.05) is 6.07 Å². The predicted octanol–water partition coefficient (Wildman–Crippen LogP) is 1.92. The summed E-state index contributed by atoms with van der Waals surface area (Å²) in [6.07, 6.45) is 2.43. The molecule has 1 aliphatic rings. The van der Waals surface area contributed by atoms with Gasteiger partial charge in [-0.3, -0.25) is 4.79 Å². The number of nitrogens with one attached hydrogen (secondary N) is 2. The second-order valence-electron chi connectivity index (χ2n) is 6.10. The fraction of sp³-hybridized carbons (Fsp3) is 0.333. The SMILES string of the molecule is N#Cc1c[nH]c(C(=O)NCc2ccc(N3CCC(O)CC3)c(F)c2)c1. The Kier molecular flexibility index (Phi) is 5.00. The number of aliphatic hydroxyl groups is 1. The summed E-state index contributed by atoms with van der Waals surface area (Å²) in [5, 5.41) is 21.0. The zero-order chi connectivity index (χ0) is 17.8. The minimum absolute atomic E-state index is 0.190. The van der Waals surface area contributed by atoms with Crippen molar-refractivity contribution in [1.82, 2.24) is 10.3 Å². The number of H-pyrrole nitrogens is 1. The summed E-state index contributed by atoms with van der Waals surface area (Å²) in [7, 11) is 0. The zero-order valence-corrected chi connectivity index (χ0v) is 13.6. The molecule has 1 aliphatic heterocycles. The van der Waals surface area contributed by atoms with Gasteiger partial charge in [0, 0.05) is 25.8 Å². The maximum absolute atomic E-state index is 14.4. The Hall–Kier alpha value is -2.85. The summed E-state index contributed by atoms with van der Waals surface area (Å²) >= 11 is 0. The predicted molar refractivity (Wildman–Crippen MR) is 90.5 cm³/mol. The number of carbonyl (C=O) groups is 1. The number of anilines is 1. The van der Waals surface area contributed by atoms with Crippen LogP contribution in [0.3, 0.4) is 0 Å². The number of nitrogens with zero attached hydrogens (tertiary/aromatic N) is 2. The number of piperidine rings is 1. The molecule has 130 valence electrons. The Balaban J connectivity index is 1.61. The van der Waals surface area contributed by atoms with Crippen LogP contribution >= 0.6 is 0 Å². The van der Waals surface area contributed by atoms with Crippen LogP contribution in [-0.2, 0) is 6.54 Å². The lowest BCUT2D eigenvalue weighted by Gasteiger charge is -2.31. The molecule has 25 heavy (non-hydrogen) atoms. The number of carbonyl (C=O) groups excluding carboxylic acids is 1. The Bertz CT molecular complexity index is 804. The van der Waals surface area contributed by atoms with Crippen molar-refractivity contribution in [2.24, 2.45) is 0 Å². The molecule has 1 amide bonds. The maximum atomic E-state index is 14.4. The molecule has 0 bridgehead atoms. The van der Waals surface area contributed by atoms with E-state index < -0.39 is 0 Å². The van der Waals surface area contributed by atoms with Gasteiger partial charge in [-0.25, -0.2) is 4.39 Å². The number of amides is 1. The molecular weight excluding hydrogens is 323 g/mol. The first kappa shape index (κ1) is 17.0. The van der Waals surface area contributed by atoms with Crippen molar-refractivity contribution in [1.29, 1.82) is 5.26 Å². The molecule has 3 N–H and O–H groups in total. The van der Waals surface area contributed by atoms with E-state index in [1.165, 1.54) is 18.3 Å². The topological polar surface area (TPSA) is 92.1 Å². The highest BCUT2D eigenvalue weighted by molar-refractivity contribution is 5.92. The van der Waals surface area contributed by atoms with Crippen LogP contribution in [0.5, 0.6) is 0 Å². The number of benzene rings is 1. The third kappa shape index (κ3) is 3.98. The van der Waals surface area contributed by atoms with E-state index in [1.807, 2.05) is 11.0 Å². The van der Waals surface area contributed by atoms with Gasteiger partial charge in [0.15, 0.2) is 0 Å². The van der Waals surface area contributed by atoms with Gasteiger partial charge in [0.1, 0.15) is 17.6 Å². The van der Waals surface area contributed by atoms with Gasteiger partial charge in [0.2, 0.25) is 0 Å². The van der Waals surface area contributed by atoms with Crippen LogP contribution in [0.2, 0.25) is 0 Å². The summed E-state index contributed by atoms with van der Waals surface area (Å²) in [5.74, 6) is -0.689.